The monoisotopic (exact) mass is 567 g/mol. The van der Waals surface area contributed by atoms with E-state index >= 15 is 0 Å². The van der Waals surface area contributed by atoms with Crippen molar-refractivity contribution in [1.29, 1.82) is 0 Å². The molecule has 0 saturated carbocycles. The minimum atomic E-state index is -3.55. The van der Waals surface area contributed by atoms with Gasteiger partial charge >= 0.3 is 0 Å². The van der Waals surface area contributed by atoms with Crippen LogP contribution in [0.15, 0.2) is 61.4 Å². The van der Waals surface area contributed by atoms with E-state index in [0.29, 0.717) is 48.9 Å². The maximum Gasteiger partial charge on any atom is 0.255 e. The minimum absolute atomic E-state index is 0.0332. The number of nitrogens with one attached hydrogen (secondary N) is 2. The number of nitrogens with zero attached hydrogens (tertiary/aromatic N) is 7. The van der Waals surface area contributed by atoms with E-state index in [0.717, 1.165) is 19.4 Å². The molecular formula is C25H29N9O3S2. The van der Waals surface area contributed by atoms with Crippen LogP contribution in [-0.4, -0.2) is 65.6 Å². The van der Waals surface area contributed by atoms with Crippen molar-refractivity contribution in [3.63, 3.8) is 0 Å². The number of aliphatic hydroxyl groups excluding tert-OH is 1. The van der Waals surface area contributed by atoms with Gasteiger partial charge in [0.2, 0.25) is 5.95 Å². The molecule has 0 radical (unpaired) electrons. The summed E-state index contributed by atoms with van der Waals surface area (Å²) < 4.78 is 27.7. The fourth-order valence-electron chi connectivity index (χ4n) is 3.96. The maximum absolute atomic E-state index is 12.4. The highest BCUT2D eigenvalue weighted by atomic mass is 32.2. The van der Waals surface area contributed by atoms with E-state index in [1.807, 2.05) is 54.0 Å². The van der Waals surface area contributed by atoms with E-state index in [1.54, 1.807) is 17.7 Å². The number of hydrogen-bond acceptors (Lipinski definition) is 11. The Hall–Kier alpha value is -3.88. The van der Waals surface area contributed by atoms with Gasteiger partial charge in [-0.3, -0.25) is 0 Å². The lowest BCUT2D eigenvalue weighted by Crippen LogP contribution is -2.24. The number of aromatic nitrogens is 7. The summed E-state index contributed by atoms with van der Waals surface area (Å²) in [6.07, 6.45) is 5.22. The second-order valence-electron chi connectivity index (χ2n) is 8.91. The Morgan fingerprint density at radius 2 is 1.90 bits per heavy atom. The summed E-state index contributed by atoms with van der Waals surface area (Å²) in [6, 6.07) is 13.8. The number of aryl methyl sites for hydroxylation is 1. The van der Waals surface area contributed by atoms with Crippen LogP contribution in [0.5, 0.6) is 0 Å². The first kappa shape index (κ1) is 26.7. The summed E-state index contributed by atoms with van der Waals surface area (Å²) in [4.78, 5) is 19.7. The molecule has 4 heterocycles. The molecule has 0 saturated heterocycles. The van der Waals surface area contributed by atoms with Crippen LogP contribution in [0.2, 0.25) is 0 Å². The zero-order valence-electron chi connectivity index (χ0n) is 21.3. The molecule has 39 heavy (non-hydrogen) atoms. The molecule has 0 aliphatic rings. The van der Waals surface area contributed by atoms with Gasteiger partial charge in [0.25, 0.3) is 10.0 Å². The second-order valence-corrected chi connectivity index (χ2v) is 12.1. The first-order valence-electron chi connectivity index (χ1n) is 12.5. The molecular weight excluding hydrogens is 538 g/mol. The summed E-state index contributed by atoms with van der Waals surface area (Å²) in [5, 5.41) is 20.0. The van der Waals surface area contributed by atoms with Crippen molar-refractivity contribution in [2.45, 2.75) is 38.9 Å². The normalized spacial score (nSPS) is 12.6. The minimum Gasteiger partial charge on any atom is -0.394 e. The molecule has 0 unspecified atom stereocenters. The molecule has 204 valence electrons. The highest BCUT2D eigenvalue weighted by Crippen LogP contribution is 2.25. The van der Waals surface area contributed by atoms with Crippen molar-refractivity contribution in [2.75, 3.05) is 23.0 Å². The van der Waals surface area contributed by atoms with Crippen LogP contribution in [0.25, 0.3) is 11.2 Å². The molecule has 14 heteroatoms. The SMILES string of the molecule is CC[C@H](CO)Nc1nc(NCc2ccccc2)c2ncn(Cc3ccc(CCS(=O)(=O)n4cncn4)s3)c2n1. The number of hydrogen-bond donors (Lipinski definition) is 3. The third-order valence-corrected chi connectivity index (χ3v) is 8.75. The average molecular weight is 568 g/mol. The van der Waals surface area contributed by atoms with Crippen LogP contribution in [0, 0.1) is 0 Å². The van der Waals surface area contributed by atoms with Crippen molar-refractivity contribution < 1.29 is 13.5 Å². The lowest BCUT2D eigenvalue weighted by atomic mass is 10.2. The smallest absolute Gasteiger partial charge is 0.255 e. The predicted octanol–water partition coefficient (Wildman–Crippen LogP) is 2.74. The van der Waals surface area contributed by atoms with Crippen molar-refractivity contribution in [3.8, 4) is 0 Å². The summed E-state index contributed by atoms with van der Waals surface area (Å²) in [5.41, 5.74) is 2.40. The largest absolute Gasteiger partial charge is 0.394 e. The molecule has 0 aliphatic heterocycles. The van der Waals surface area contributed by atoms with Crippen molar-refractivity contribution >= 4 is 44.3 Å². The van der Waals surface area contributed by atoms with Gasteiger partial charge in [0.1, 0.15) is 12.7 Å². The van der Waals surface area contributed by atoms with Crippen molar-refractivity contribution in [2.24, 2.45) is 0 Å². The summed E-state index contributed by atoms with van der Waals surface area (Å²) in [6.45, 7) is 3.04. The van der Waals surface area contributed by atoms with Gasteiger partial charge in [0.05, 0.1) is 31.3 Å². The van der Waals surface area contributed by atoms with Crippen LogP contribution in [0.1, 0.15) is 28.7 Å². The number of rotatable bonds is 13. The van der Waals surface area contributed by atoms with E-state index in [-0.39, 0.29) is 18.4 Å². The molecule has 5 rings (SSSR count). The number of benzene rings is 1. The maximum atomic E-state index is 12.4. The van der Waals surface area contributed by atoms with Crippen LogP contribution in [-0.2, 0) is 29.5 Å². The Bertz CT molecular complexity index is 1610. The first-order chi connectivity index (χ1) is 18.9. The highest BCUT2D eigenvalue weighted by molar-refractivity contribution is 7.89. The third kappa shape index (κ3) is 6.41. The third-order valence-electron chi connectivity index (χ3n) is 6.15. The van der Waals surface area contributed by atoms with Crippen LogP contribution in [0.4, 0.5) is 11.8 Å². The molecule has 0 spiro atoms. The zero-order chi connectivity index (χ0) is 27.2. The van der Waals surface area contributed by atoms with E-state index in [1.165, 1.54) is 12.7 Å². The Morgan fingerprint density at radius 1 is 1.08 bits per heavy atom. The summed E-state index contributed by atoms with van der Waals surface area (Å²) in [7, 11) is -3.55. The van der Waals surface area contributed by atoms with Crippen molar-refractivity contribution in [3.05, 3.63) is 76.8 Å². The van der Waals surface area contributed by atoms with Crippen LogP contribution < -0.4 is 10.6 Å². The standard InChI is InChI=1S/C25H29N9O3S2/c1-2-19(14-35)30-25-31-23(27-12-18-6-4-3-5-7-18)22-24(32-25)33(17-28-22)13-21-9-8-20(38-21)10-11-39(36,37)34-16-26-15-29-34/h3-9,15-17,19,35H,2,10-14H2,1H3,(H2,27,30,31,32)/t19-/m1/s1. The number of imidazole rings is 1. The lowest BCUT2D eigenvalue weighted by molar-refractivity contribution is 0.271. The molecule has 1 atom stereocenters. The number of thiophene rings is 1. The molecule has 5 aromatic rings. The Labute approximate surface area is 229 Å². The van der Waals surface area contributed by atoms with Gasteiger partial charge in [0, 0.05) is 16.3 Å². The molecule has 12 nitrogen and oxygen atoms in total. The Morgan fingerprint density at radius 3 is 2.64 bits per heavy atom. The average Bonchev–Trinajstić information content (AvgIpc) is 3.73. The van der Waals surface area contributed by atoms with Crippen molar-refractivity contribution in [1.82, 2.24) is 33.7 Å². The number of fused-ring (bicyclic) bond motifs is 1. The molecule has 0 fully saturated rings. The Kier molecular flexibility index (Phi) is 8.14. The van der Waals surface area contributed by atoms with E-state index in [4.69, 9.17) is 4.98 Å². The molecule has 0 aliphatic carbocycles. The predicted molar refractivity (Wildman–Crippen MR) is 150 cm³/mol. The van der Waals surface area contributed by atoms with Gasteiger partial charge in [-0.15, -0.1) is 20.5 Å². The van der Waals surface area contributed by atoms with Gasteiger partial charge in [-0.25, -0.2) is 18.4 Å². The van der Waals surface area contributed by atoms with Gasteiger partial charge in [-0.1, -0.05) is 37.3 Å². The quantitative estimate of drug-likeness (QED) is 0.194. The van der Waals surface area contributed by atoms with E-state index in [2.05, 4.69) is 30.7 Å². The topological polar surface area (TPSA) is 153 Å². The summed E-state index contributed by atoms with van der Waals surface area (Å²) in [5.74, 6) is 0.945. The van der Waals surface area contributed by atoms with E-state index in [9.17, 15) is 13.5 Å². The second kappa shape index (κ2) is 11.9. The van der Waals surface area contributed by atoms with Gasteiger partial charge in [-0.2, -0.15) is 9.97 Å². The summed E-state index contributed by atoms with van der Waals surface area (Å²) >= 11 is 1.55. The lowest BCUT2D eigenvalue weighted by Gasteiger charge is -2.15. The molecule has 0 bridgehead atoms. The molecule has 4 aromatic heterocycles. The fraction of sp³-hybridized carbons (Fsp3) is 0.320. The van der Waals surface area contributed by atoms with Gasteiger partial charge < -0.3 is 20.3 Å². The van der Waals surface area contributed by atoms with Crippen LogP contribution >= 0.6 is 11.3 Å². The molecule has 1 aromatic carbocycles. The number of anilines is 2. The van der Waals surface area contributed by atoms with Crippen LogP contribution in [0.3, 0.4) is 0 Å². The number of aliphatic hydroxyl groups is 1. The first-order valence-corrected chi connectivity index (χ1v) is 14.9. The fourth-order valence-corrected chi connectivity index (χ4v) is 6.16. The zero-order valence-corrected chi connectivity index (χ0v) is 22.9. The van der Waals surface area contributed by atoms with Gasteiger partial charge in [0.15, 0.2) is 17.0 Å². The van der Waals surface area contributed by atoms with Gasteiger partial charge in [-0.05, 0) is 30.5 Å². The highest BCUT2D eigenvalue weighted by Gasteiger charge is 2.17. The Balaban J connectivity index is 1.36. The molecule has 0 amide bonds. The molecule has 3 N–H and O–H groups in total. The van der Waals surface area contributed by atoms with E-state index < -0.39 is 10.0 Å².